The number of nitrogen functional groups attached to an aromatic ring is 1. The fourth-order valence-corrected chi connectivity index (χ4v) is 1.94. The first-order valence-electron chi connectivity index (χ1n) is 6.37. The molecular weight excluding hydrogens is 230 g/mol. The van der Waals surface area contributed by atoms with Crippen LogP contribution in [0.5, 0.6) is 0 Å². The van der Waals surface area contributed by atoms with Gasteiger partial charge in [-0.25, -0.2) is 9.78 Å². The van der Waals surface area contributed by atoms with E-state index in [0.717, 1.165) is 6.54 Å². The van der Waals surface area contributed by atoms with Crippen molar-refractivity contribution in [3.8, 4) is 0 Å². The summed E-state index contributed by atoms with van der Waals surface area (Å²) >= 11 is 0. The van der Waals surface area contributed by atoms with Gasteiger partial charge >= 0.3 is 5.97 Å². The predicted molar refractivity (Wildman–Crippen MR) is 70.4 cm³/mol. The van der Waals surface area contributed by atoms with Crippen molar-refractivity contribution >= 4 is 17.5 Å². The first kappa shape index (κ1) is 12.7. The Balaban J connectivity index is 2.08. The van der Waals surface area contributed by atoms with Crippen LogP contribution in [0.25, 0.3) is 0 Å². The molecule has 0 amide bonds. The second-order valence-electron chi connectivity index (χ2n) is 4.55. The molecule has 2 rings (SSSR count). The van der Waals surface area contributed by atoms with E-state index in [-0.39, 0.29) is 5.97 Å². The Bertz CT molecular complexity index is 430. The van der Waals surface area contributed by atoms with Gasteiger partial charge in [-0.05, 0) is 31.7 Å². The van der Waals surface area contributed by atoms with Gasteiger partial charge in [0.05, 0.1) is 24.1 Å². The zero-order chi connectivity index (χ0) is 13.0. The van der Waals surface area contributed by atoms with Crippen LogP contribution in [-0.2, 0) is 4.74 Å². The van der Waals surface area contributed by atoms with Gasteiger partial charge in [0.2, 0.25) is 0 Å². The maximum atomic E-state index is 11.8. The molecular formula is C13H19N3O2. The minimum atomic E-state index is -0.359. The molecule has 0 spiro atoms. The maximum Gasteiger partial charge on any atom is 0.340 e. The SMILES string of the molecule is CCOC(=O)c1cc(N)ncc1NCC1CCC1. The Labute approximate surface area is 107 Å². The van der Waals surface area contributed by atoms with Crippen LogP contribution in [0.3, 0.4) is 0 Å². The summed E-state index contributed by atoms with van der Waals surface area (Å²) in [5.74, 6) is 0.674. The number of pyridine rings is 1. The van der Waals surface area contributed by atoms with E-state index in [1.807, 2.05) is 0 Å². The topological polar surface area (TPSA) is 77.2 Å². The first-order chi connectivity index (χ1) is 8.70. The second-order valence-corrected chi connectivity index (χ2v) is 4.55. The van der Waals surface area contributed by atoms with Gasteiger partial charge in [-0.15, -0.1) is 0 Å². The number of anilines is 2. The summed E-state index contributed by atoms with van der Waals surface area (Å²) in [7, 11) is 0. The lowest BCUT2D eigenvalue weighted by Crippen LogP contribution is -2.22. The monoisotopic (exact) mass is 249 g/mol. The van der Waals surface area contributed by atoms with E-state index < -0.39 is 0 Å². The predicted octanol–water partition coefficient (Wildman–Crippen LogP) is 2.05. The highest BCUT2D eigenvalue weighted by atomic mass is 16.5. The number of nitrogens with one attached hydrogen (secondary N) is 1. The number of rotatable bonds is 5. The summed E-state index contributed by atoms with van der Waals surface area (Å²) in [6.07, 6.45) is 5.41. The average molecular weight is 249 g/mol. The summed E-state index contributed by atoms with van der Waals surface area (Å²) in [5, 5.41) is 3.26. The third kappa shape index (κ3) is 2.91. The van der Waals surface area contributed by atoms with Crippen molar-refractivity contribution < 1.29 is 9.53 Å². The van der Waals surface area contributed by atoms with Crippen molar-refractivity contribution in [1.82, 2.24) is 4.98 Å². The smallest absolute Gasteiger partial charge is 0.340 e. The van der Waals surface area contributed by atoms with Gasteiger partial charge in [-0.2, -0.15) is 0 Å². The van der Waals surface area contributed by atoms with E-state index in [0.29, 0.717) is 29.6 Å². The lowest BCUT2D eigenvalue weighted by atomic mass is 9.85. The Morgan fingerprint density at radius 3 is 3.00 bits per heavy atom. The van der Waals surface area contributed by atoms with E-state index in [1.165, 1.54) is 19.3 Å². The molecule has 1 heterocycles. The molecule has 0 radical (unpaired) electrons. The van der Waals surface area contributed by atoms with E-state index in [2.05, 4.69) is 10.3 Å². The van der Waals surface area contributed by atoms with Crippen LogP contribution in [0.15, 0.2) is 12.3 Å². The molecule has 0 atom stereocenters. The van der Waals surface area contributed by atoms with Crippen molar-refractivity contribution in [1.29, 1.82) is 0 Å². The van der Waals surface area contributed by atoms with Crippen LogP contribution < -0.4 is 11.1 Å². The Kier molecular flexibility index (Phi) is 4.02. The van der Waals surface area contributed by atoms with Gasteiger partial charge in [0.15, 0.2) is 0 Å². The third-order valence-electron chi connectivity index (χ3n) is 3.23. The van der Waals surface area contributed by atoms with Gasteiger partial charge in [-0.3, -0.25) is 0 Å². The van der Waals surface area contributed by atoms with Crippen molar-refractivity contribution in [2.45, 2.75) is 26.2 Å². The highest BCUT2D eigenvalue weighted by molar-refractivity contribution is 5.96. The largest absolute Gasteiger partial charge is 0.462 e. The van der Waals surface area contributed by atoms with Gasteiger partial charge in [-0.1, -0.05) is 6.42 Å². The van der Waals surface area contributed by atoms with Crippen molar-refractivity contribution in [3.05, 3.63) is 17.8 Å². The number of nitrogens with two attached hydrogens (primary N) is 1. The van der Waals surface area contributed by atoms with E-state index in [4.69, 9.17) is 10.5 Å². The fraction of sp³-hybridized carbons (Fsp3) is 0.538. The summed E-state index contributed by atoms with van der Waals surface area (Å²) in [5.41, 5.74) is 6.77. The lowest BCUT2D eigenvalue weighted by molar-refractivity contribution is 0.0527. The number of aromatic nitrogens is 1. The van der Waals surface area contributed by atoms with Gasteiger partial charge in [0.1, 0.15) is 5.82 Å². The zero-order valence-electron chi connectivity index (χ0n) is 10.6. The number of carbonyl (C=O) groups excluding carboxylic acids is 1. The molecule has 1 aromatic rings. The fourth-order valence-electron chi connectivity index (χ4n) is 1.94. The molecule has 18 heavy (non-hydrogen) atoms. The molecule has 98 valence electrons. The van der Waals surface area contributed by atoms with Crippen LogP contribution in [0.1, 0.15) is 36.5 Å². The number of hydrogen-bond donors (Lipinski definition) is 2. The Hall–Kier alpha value is -1.78. The van der Waals surface area contributed by atoms with Gasteiger partial charge < -0.3 is 15.8 Å². The van der Waals surface area contributed by atoms with Crippen LogP contribution >= 0.6 is 0 Å². The van der Waals surface area contributed by atoms with Crippen molar-refractivity contribution in [3.63, 3.8) is 0 Å². The molecule has 1 fully saturated rings. The minimum Gasteiger partial charge on any atom is -0.462 e. The molecule has 5 heteroatoms. The molecule has 0 bridgehead atoms. The van der Waals surface area contributed by atoms with Crippen molar-refractivity contribution in [2.75, 3.05) is 24.2 Å². The summed E-state index contributed by atoms with van der Waals surface area (Å²) in [6, 6.07) is 1.56. The Morgan fingerprint density at radius 2 is 2.39 bits per heavy atom. The minimum absolute atomic E-state index is 0.326. The van der Waals surface area contributed by atoms with E-state index >= 15 is 0 Å². The normalized spacial score (nSPS) is 14.9. The lowest BCUT2D eigenvalue weighted by Gasteiger charge is -2.26. The highest BCUT2D eigenvalue weighted by Gasteiger charge is 2.19. The molecule has 0 aromatic carbocycles. The molecule has 3 N–H and O–H groups in total. The molecule has 0 saturated heterocycles. The number of nitrogens with zero attached hydrogens (tertiary/aromatic N) is 1. The molecule has 1 aliphatic rings. The molecule has 0 aliphatic heterocycles. The van der Waals surface area contributed by atoms with Crippen LogP contribution in [0.2, 0.25) is 0 Å². The quantitative estimate of drug-likeness (QED) is 0.781. The van der Waals surface area contributed by atoms with Crippen LogP contribution in [0, 0.1) is 5.92 Å². The highest BCUT2D eigenvalue weighted by Crippen LogP contribution is 2.27. The molecule has 1 aromatic heterocycles. The van der Waals surface area contributed by atoms with Crippen LogP contribution in [0.4, 0.5) is 11.5 Å². The second kappa shape index (κ2) is 5.71. The van der Waals surface area contributed by atoms with E-state index in [9.17, 15) is 4.79 Å². The van der Waals surface area contributed by atoms with Gasteiger partial charge in [0, 0.05) is 6.54 Å². The molecule has 1 saturated carbocycles. The maximum absolute atomic E-state index is 11.8. The summed E-state index contributed by atoms with van der Waals surface area (Å²) < 4.78 is 5.01. The number of ether oxygens (including phenoxy) is 1. The third-order valence-corrected chi connectivity index (χ3v) is 3.23. The summed E-state index contributed by atoms with van der Waals surface area (Å²) in [4.78, 5) is 15.8. The number of hydrogen-bond acceptors (Lipinski definition) is 5. The van der Waals surface area contributed by atoms with Crippen LogP contribution in [-0.4, -0.2) is 24.1 Å². The van der Waals surface area contributed by atoms with E-state index in [1.54, 1.807) is 19.2 Å². The molecule has 5 nitrogen and oxygen atoms in total. The zero-order valence-corrected chi connectivity index (χ0v) is 10.6. The van der Waals surface area contributed by atoms with Gasteiger partial charge in [0.25, 0.3) is 0 Å². The standard InChI is InChI=1S/C13H19N3O2/c1-2-18-13(17)10-6-12(14)16-8-11(10)15-7-9-4-3-5-9/h6,8-9,15H,2-5,7H2,1H3,(H2,14,16). The average Bonchev–Trinajstić information content (AvgIpc) is 2.29. The number of esters is 1. The molecule has 1 aliphatic carbocycles. The first-order valence-corrected chi connectivity index (χ1v) is 6.37. The molecule has 0 unspecified atom stereocenters. The number of carbonyl (C=O) groups is 1. The summed E-state index contributed by atoms with van der Waals surface area (Å²) in [6.45, 7) is 3.01. The Morgan fingerprint density at radius 1 is 1.61 bits per heavy atom. The van der Waals surface area contributed by atoms with Crippen molar-refractivity contribution in [2.24, 2.45) is 5.92 Å².